The lowest BCUT2D eigenvalue weighted by molar-refractivity contribution is 0.0635. The standard InChI is InChI=1S/C16H17IN4O3/c1-16(2,3)24-15(23)19-8-4-9-13-10(7-18-21-14(9)22)12(6-17)20-11(13)5-8/h4-5,7,20H,6H2,1-3H3,(H,19,23)(H,21,22). The van der Waals surface area contributed by atoms with E-state index in [4.69, 9.17) is 4.74 Å². The van der Waals surface area contributed by atoms with Crippen molar-refractivity contribution in [3.05, 3.63) is 29.0 Å². The number of alkyl halides is 1. The topological polar surface area (TPSA) is 95.6 Å². The number of hydrogen-bond acceptors (Lipinski definition) is 4. The molecule has 0 spiro atoms. The van der Waals surface area contributed by atoms with Crippen molar-refractivity contribution in [2.75, 3.05) is 5.32 Å². The molecule has 0 radical (unpaired) electrons. The Labute approximate surface area is 152 Å². The van der Waals surface area contributed by atoms with Gasteiger partial charge in [-0.15, -0.1) is 0 Å². The monoisotopic (exact) mass is 440 g/mol. The number of nitrogens with one attached hydrogen (secondary N) is 3. The van der Waals surface area contributed by atoms with Crippen LogP contribution >= 0.6 is 22.6 Å². The first-order chi connectivity index (χ1) is 11.3. The Bertz CT molecular complexity index is 864. The molecular formula is C16H17IN4O3. The van der Waals surface area contributed by atoms with Crippen molar-refractivity contribution in [1.29, 1.82) is 0 Å². The lowest BCUT2D eigenvalue weighted by Crippen LogP contribution is -2.27. The minimum Gasteiger partial charge on any atom is -0.444 e. The van der Waals surface area contributed by atoms with Gasteiger partial charge in [-0.05, 0) is 32.9 Å². The molecule has 3 rings (SSSR count). The first-order valence-electron chi connectivity index (χ1n) is 7.36. The van der Waals surface area contributed by atoms with E-state index in [-0.39, 0.29) is 5.91 Å². The first kappa shape index (κ1) is 16.7. The van der Waals surface area contributed by atoms with E-state index in [1.807, 2.05) is 0 Å². The van der Waals surface area contributed by atoms with E-state index in [2.05, 4.69) is 43.4 Å². The molecule has 1 aromatic carbocycles. The molecule has 0 fully saturated rings. The summed E-state index contributed by atoms with van der Waals surface area (Å²) >= 11 is 2.25. The summed E-state index contributed by atoms with van der Waals surface area (Å²) in [6.45, 7) is 5.37. The van der Waals surface area contributed by atoms with Gasteiger partial charge in [0.15, 0.2) is 0 Å². The maximum atomic E-state index is 12.3. The van der Waals surface area contributed by atoms with Gasteiger partial charge in [0.2, 0.25) is 0 Å². The highest BCUT2D eigenvalue weighted by Crippen LogP contribution is 2.31. The molecule has 2 amide bonds. The molecule has 0 bridgehead atoms. The Morgan fingerprint density at radius 3 is 2.79 bits per heavy atom. The van der Waals surface area contributed by atoms with Gasteiger partial charge in [-0.2, -0.15) is 5.10 Å². The average molecular weight is 440 g/mol. The zero-order valence-electron chi connectivity index (χ0n) is 13.5. The molecule has 126 valence electrons. The fourth-order valence-corrected chi connectivity index (χ4v) is 3.15. The maximum absolute atomic E-state index is 12.3. The number of aromatic amines is 1. The number of hydrazone groups is 1. The number of benzene rings is 1. The van der Waals surface area contributed by atoms with Gasteiger partial charge in [-0.1, -0.05) is 22.6 Å². The fraction of sp³-hybridized carbons (Fsp3) is 0.312. The quantitative estimate of drug-likeness (QED) is 0.493. The van der Waals surface area contributed by atoms with Crippen LogP contribution in [0.3, 0.4) is 0 Å². The maximum Gasteiger partial charge on any atom is 0.412 e. The van der Waals surface area contributed by atoms with Crippen LogP contribution < -0.4 is 10.7 Å². The summed E-state index contributed by atoms with van der Waals surface area (Å²) in [5.41, 5.74) is 5.45. The third-order valence-corrected chi connectivity index (χ3v) is 4.16. The van der Waals surface area contributed by atoms with Gasteiger partial charge in [0.1, 0.15) is 5.60 Å². The van der Waals surface area contributed by atoms with E-state index >= 15 is 0 Å². The average Bonchev–Trinajstić information content (AvgIpc) is 2.72. The first-order valence-corrected chi connectivity index (χ1v) is 8.89. The van der Waals surface area contributed by atoms with Gasteiger partial charge in [0.05, 0.1) is 11.8 Å². The van der Waals surface area contributed by atoms with Crippen LogP contribution in [0.2, 0.25) is 0 Å². The second-order valence-corrected chi connectivity index (χ2v) is 7.19. The molecule has 3 N–H and O–H groups in total. The van der Waals surface area contributed by atoms with Crippen molar-refractivity contribution in [2.45, 2.75) is 30.8 Å². The van der Waals surface area contributed by atoms with Crippen LogP contribution in [0.4, 0.5) is 10.5 Å². The number of H-pyrrole nitrogens is 1. The van der Waals surface area contributed by atoms with Crippen LogP contribution in [0.25, 0.3) is 10.9 Å². The van der Waals surface area contributed by atoms with Crippen LogP contribution in [0.15, 0.2) is 17.2 Å². The minimum absolute atomic E-state index is 0.318. The number of rotatable bonds is 2. The van der Waals surface area contributed by atoms with Crippen LogP contribution in [0.5, 0.6) is 0 Å². The highest BCUT2D eigenvalue weighted by atomic mass is 127. The third-order valence-electron chi connectivity index (χ3n) is 3.40. The number of aromatic nitrogens is 1. The van der Waals surface area contributed by atoms with Crippen LogP contribution in [0, 0.1) is 0 Å². The highest BCUT2D eigenvalue weighted by Gasteiger charge is 2.22. The van der Waals surface area contributed by atoms with Gasteiger partial charge in [0.25, 0.3) is 5.91 Å². The Hall–Kier alpha value is -2.10. The highest BCUT2D eigenvalue weighted by molar-refractivity contribution is 14.1. The molecule has 2 aromatic rings. The van der Waals surface area contributed by atoms with Crippen molar-refractivity contribution in [3.63, 3.8) is 0 Å². The predicted octanol–water partition coefficient (Wildman–Crippen LogP) is 3.53. The van der Waals surface area contributed by atoms with Crippen LogP contribution in [-0.4, -0.2) is 28.8 Å². The number of hydrogen-bond donors (Lipinski definition) is 3. The summed E-state index contributed by atoms with van der Waals surface area (Å²) in [4.78, 5) is 27.5. The second-order valence-electron chi connectivity index (χ2n) is 6.42. The van der Waals surface area contributed by atoms with Crippen LogP contribution in [0.1, 0.15) is 42.4 Å². The summed E-state index contributed by atoms with van der Waals surface area (Å²) in [6, 6.07) is 3.42. The molecule has 0 unspecified atom stereocenters. The Kier molecular flexibility index (Phi) is 4.24. The number of carbonyl (C=O) groups is 2. The fourth-order valence-electron chi connectivity index (χ4n) is 2.55. The smallest absolute Gasteiger partial charge is 0.412 e. The number of amides is 2. The number of anilines is 1. The molecule has 24 heavy (non-hydrogen) atoms. The molecule has 0 saturated carbocycles. The molecule has 0 atom stereocenters. The Morgan fingerprint density at radius 2 is 2.12 bits per heavy atom. The molecule has 8 heteroatoms. The molecule has 0 saturated heterocycles. The minimum atomic E-state index is -0.598. The van der Waals surface area contributed by atoms with Crippen molar-refractivity contribution in [2.24, 2.45) is 5.10 Å². The van der Waals surface area contributed by atoms with Crippen molar-refractivity contribution >= 4 is 57.4 Å². The summed E-state index contributed by atoms with van der Waals surface area (Å²) in [5, 5.41) is 7.43. The molecular weight excluding hydrogens is 423 g/mol. The number of carbonyl (C=O) groups excluding carboxylic acids is 2. The zero-order valence-corrected chi connectivity index (χ0v) is 15.6. The van der Waals surface area contributed by atoms with E-state index in [0.717, 1.165) is 26.6 Å². The van der Waals surface area contributed by atoms with E-state index in [1.54, 1.807) is 39.1 Å². The van der Waals surface area contributed by atoms with E-state index in [0.29, 0.717) is 11.3 Å². The van der Waals surface area contributed by atoms with Crippen molar-refractivity contribution < 1.29 is 14.3 Å². The van der Waals surface area contributed by atoms with E-state index in [9.17, 15) is 9.59 Å². The number of halogens is 1. The van der Waals surface area contributed by atoms with E-state index in [1.165, 1.54) is 0 Å². The molecule has 7 nitrogen and oxygen atoms in total. The number of ether oxygens (including phenoxy) is 1. The van der Waals surface area contributed by atoms with Crippen molar-refractivity contribution in [1.82, 2.24) is 10.4 Å². The lowest BCUT2D eigenvalue weighted by Gasteiger charge is -2.19. The van der Waals surface area contributed by atoms with Gasteiger partial charge in [0, 0.05) is 32.3 Å². The molecule has 1 aliphatic rings. The summed E-state index contributed by atoms with van der Waals surface area (Å²) in [6.07, 6.45) is 1.07. The number of nitrogens with zero attached hydrogens (tertiary/aromatic N) is 1. The van der Waals surface area contributed by atoms with Gasteiger partial charge < -0.3 is 9.72 Å². The molecule has 1 aliphatic heterocycles. The molecule has 2 heterocycles. The molecule has 0 aliphatic carbocycles. The summed E-state index contributed by atoms with van der Waals surface area (Å²) in [5.74, 6) is -0.318. The summed E-state index contributed by atoms with van der Waals surface area (Å²) < 4.78 is 6.00. The Morgan fingerprint density at radius 1 is 1.38 bits per heavy atom. The van der Waals surface area contributed by atoms with Gasteiger partial charge in [-0.3, -0.25) is 10.1 Å². The normalized spacial score (nSPS) is 13.6. The molecule has 1 aromatic heterocycles. The lowest BCUT2D eigenvalue weighted by atomic mass is 10.0. The largest absolute Gasteiger partial charge is 0.444 e. The summed E-state index contributed by atoms with van der Waals surface area (Å²) in [7, 11) is 0. The zero-order chi connectivity index (χ0) is 17.5. The Balaban J connectivity index is 2.06. The van der Waals surface area contributed by atoms with Crippen LogP contribution in [-0.2, 0) is 9.16 Å². The SMILES string of the molecule is CC(C)(C)OC(=O)Nc1cc2c3c(c(CI)[nH]c3c1)C=NNC2=O. The third kappa shape index (κ3) is 3.23. The second kappa shape index (κ2) is 6.08. The van der Waals surface area contributed by atoms with Gasteiger partial charge in [-0.25, -0.2) is 10.2 Å². The van der Waals surface area contributed by atoms with Gasteiger partial charge >= 0.3 is 6.09 Å². The van der Waals surface area contributed by atoms with Crippen molar-refractivity contribution in [3.8, 4) is 0 Å². The van der Waals surface area contributed by atoms with E-state index < -0.39 is 11.7 Å². The predicted molar refractivity (Wildman–Crippen MR) is 101 cm³/mol.